The summed E-state index contributed by atoms with van der Waals surface area (Å²) in [5, 5.41) is 1.27. The van der Waals surface area contributed by atoms with Gasteiger partial charge in [-0.25, -0.2) is 0 Å². The second kappa shape index (κ2) is 6.53. The van der Waals surface area contributed by atoms with Gasteiger partial charge in [0.2, 0.25) is 5.91 Å². The van der Waals surface area contributed by atoms with E-state index in [9.17, 15) is 4.79 Å². The molecule has 0 unspecified atom stereocenters. The highest BCUT2D eigenvalue weighted by Gasteiger charge is 2.25. The summed E-state index contributed by atoms with van der Waals surface area (Å²) in [4.78, 5) is 17.6. The predicted molar refractivity (Wildman–Crippen MR) is 87.8 cm³/mol. The second-order valence-corrected chi connectivity index (χ2v) is 6.27. The zero-order chi connectivity index (χ0) is 15.5. The summed E-state index contributed by atoms with van der Waals surface area (Å²) in [6.45, 7) is 5.50. The van der Waals surface area contributed by atoms with E-state index in [2.05, 4.69) is 29.4 Å². The van der Waals surface area contributed by atoms with Crippen LogP contribution in [0.5, 0.6) is 0 Å². The van der Waals surface area contributed by atoms with Crippen molar-refractivity contribution >= 4 is 16.8 Å². The quantitative estimate of drug-likeness (QED) is 0.943. The Morgan fingerprint density at radius 3 is 2.77 bits per heavy atom. The molecule has 118 valence electrons. The van der Waals surface area contributed by atoms with Crippen molar-refractivity contribution < 1.29 is 9.53 Å². The van der Waals surface area contributed by atoms with Gasteiger partial charge in [-0.15, -0.1) is 0 Å². The number of ether oxygens (including phenoxy) is 1. The third kappa shape index (κ3) is 3.33. The molecule has 1 aliphatic heterocycles. The van der Waals surface area contributed by atoms with Crippen LogP contribution < -0.4 is 0 Å². The van der Waals surface area contributed by atoms with Crippen LogP contribution in [0.1, 0.15) is 32.3 Å². The molecule has 1 fully saturated rings. The monoisotopic (exact) mass is 300 g/mol. The summed E-state index contributed by atoms with van der Waals surface area (Å²) in [6, 6.07) is 8.31. The molecule has 1 aromatic heterocycles. The number of hydrogen-bond acceptors (Lipinski definition) is 2. The number of H-pyrrole nitrogens is 1. The van der Waals surface area contributed by atoms with Gasteiger partial charge in [-0.3, -0.25) is 4.79 Å². The molecule has 22 heavy (non-hydrogen) atoms. The van der Waals surface area contributed by atoms with Gasteiger partial charge >= 0.3 is 0 Å². The van der Waals surface area contributed by atoms with Gasteiger partial charge in [-0.05, 0) is 38.3 Å². The number of aromatic amines is 1. The Balaban J connectivity index is 1.53. The fraction of sp³-hybridized carbons (Fsp3) is 0.500. The van der Waals surface area contributed by atoms with Crippen molar-refractivity contribution in [3.05, 3.63) is 36.0 Å². The molecule has 4 heteroatoms. The molecule has 0 saturated carbocycles. The first-order chi connectivity index (χ1) is 10.6. The van der Waals surface area contributed by atoms with Crippen LogP contribution in [0.25, 0.3) is 10.9 Å². The third-order valence-electron chi connectivity index (χ3n) is 4.28. The van der Waals surface area contributed by atoms with E-state index in [1.165, 1.54) is 16.5 Å². The van der Waals surface area contributed by atoms with Gasteiger partial charge in [-0.2, -0.15) is 0 Å². The minimum atomic E-state index is 0.140. The maximum atomic E-state index is 12.3. The highest BCUT2D eigenvalue weighted by Crippen LogP contribution is 2.20. The van der Waals surface area contributed by atoms with Crippen molar-refractivity contribution in [2.45, 2.75) is 45.3 Å². The summed E-state index contributed by atoms with van der Waals surface area (Å²) in [5.74, 6) is 0.252. The van der Waals surface area contributed by atoms with Gasteiger partial charge in [0.05, 0.1) is 12.2 Å². The number of rotatable bonds is 4. The molecule has 0 bridgehead atoms. The lowest BCUT2D eigenvalue weighted by molar-refractivity contribution is -0.143. The summed E-state index contributed by atoms with van der Waals surface area (Å²) in [7, 11) is 0. The van der Waals surface area contributed by atoms with Gasteiger partial charge in [-0.1, -0.05) is 18.2 Å². The van der Waals surface area contributed by atoms with E-state index in [-0.39, 0.29) is 18.1 Å². The van der Waals surface area contributed by atoms with Crippen molar-refractivity contribution in [3.63, 3.8) is 0 Å². The van der Waals surface area contributed by atoms with Crippen LogP contribution in [-0.2, 0) is 16.0 Å². The van der Waals surface area contributed by atoms with Crippen molar-refractivity contribution in [2.75, 3.05) is 13.1 Å². The van der Waals surface area contributed by atoms with Gasteiger partial charge in [0.15, 0.2) is 0 Å². The number of aromatic nitrogens is 1. The highest BCUT2D eigenvalue weighted by molar-refractivity contribution is 5.83. The molecule has 1 saturated heterocycles. The molecule has 1 N–H and O–H groups in total. The molecule has 0 aliphatic carbocycles. The Morgan fingerprint density at radius 2 is 2.00 bits per heavy atom. The van der Waals surface area contributed by atoms with E-state index in [4.69, 9.17) is 4.74 Å². The standard InChI is InChI=1S/C18H24N2O2/c1-13-11-20(12-14(2)22-13)18(21)9-5-6-15-10-19-17-8-4-3-7-16(15)17/h3-4,7-8,10,13-14,19H,5-6,9,11-12H2,1-2H3/t13-,14-/m0/s1. The number of fused-ring (bicyclic) bond motifs is 1. The van der Waals surface area contributed by atoms with E-state index < -0.39 is 0 Å². The minimum Gasteiger partial charge on any atom is -0.372 e. The fourth-order valence-electron chi connectivity index (χ4n) is 3.31. The van der Waals surface area contributed by atoms with Gasteiger partial charge in [0, 0.05) is 36.6 Å². The fourth-order valence-corrected chi connectivity index (χ4v) is 3.31. The molecule has 3 rings (SSSR count). The lowest BCUT2D eigenvalue weighted by atomic mass is 10.1. The lowest BCUT2D eigenvalue weighted by Gasteiger charge is -2.35. The number of amides is 1. The molecule has 1 aliphatic rings. The van der Waals surface area contributed by atoms with Crippen LogP contribution >= 0.6 is 0 Å². The largest absolute Gasteiger partial charge is 0.372 e. The van der Waals surface area contributed by atoms with Crippen LogP contribution in [0, 0.1) is 0 Å². The van der Waals surface area contributed by atoms with E-state index in [0.29, 0.717) is 6.42 Å². The van der Waals surface area contributed by atoms with Crippen molar-refractivity contribution in [3.8, 4) is 0 Å². The zero-order valence-electron chi connectivity index (χ0n) is 13.3. The molecular formula is C18H24N2O2. The van der Waals surface area contributed by atoms with Crippen molar-refractivity contribution in [1.82, 2.24) is 9.88 Å². The zero-order valence-corrected chi connectivity index (χ0v) is 13.3. The van der Waals surface area contributed by atoms with Gasteiger partial charge in [0.25, 0.3) is 0 Å². The summed E-state index contributed by atoms with van der Waals surface area (Å²) >= 11 is 0. The predicted octanol–water partition coefficient (Wildman–Crippen LogP) is 3.13. The van der Waals surface area contributed by atoms with Crippen LogP contribution in [0.4, 0.5) is 0 Å². The van der Waals surface area contributed by atoms with Crippen molar-refractivity contribution in [1.29, 1.82) is 0 Å². The number of carbonyl (C=O) groups excluding carboxylic acids is 1. The van der Waals surface area contributed by atoms with Crippen LogP contribution in [0.15, 0.2) is 30.5 Å². The number of hydrogen-bond donors (Lipinski definition) is 1. The van der Waals surface area contributed by atoms with Gasteiger partial charge in [0.1, 0.15) is 0 Å². The van der Waals surface area contributed by atoms with E-state index >= 15 is 0 Å². The average Bonchev–Trinajstić information content (AvgIpc) is 2.90. The molecule has 0 radical (unpaired) electrons. The van der Waals surface area contributed by atoms with Crippen LogP contribution in [0.3, 0.4) is 0 Å². The molecule has 1 amide bonds. The molecule has 2 heterocycles. The first-order valence-corrected chi connectivity index (χ1v) is 8.11. The number of benzene rings is 1. The van der Waals surface area contributed by atoms with E-state index in [1.54, 1.807) is 0 Å². The number of nitrogens with zero attached hydrogens (tertiary/aromatic N) is 1. The SMILES string of the molecule is C[C@H]1CN(C(=O)CCCc2c[nH]c3ccccc23)C[C@H](C)O1. The molecule has 4 nitrogen and oxygen atoms in total. The third-order valence-corrected chi connectivity index (χ3v) is 4.28. The average molecular weight is 300 g/mol. The Kier molecular flexibility index (Phi) is 4.48. The molecule has 0 spiro atoms. The number of para-hydroxylation sites is 1. The Morgan fingerprint density at radius 1 is 1.27 bits per heavy atom. The molecule has 2 atom stereocenters. The number of morpholine rings is 1. The molecule has 2 aromatic rings. The summed E-state index contributed by atoms with van der Waals surface area (Å²) < 4.78 is 5.68. The molecule has 1 aromatic carbocycles. The number of nitrogens with one attached hydrogen (secondary N) is 1. The maximum Gasteiger partial charge on any atom is 0.222 e. The Hall–Kier alpha value is -1.81. The summed E-state index contributed by atoms with van der Waals surface area (Å²) in [6.07, 6.45) is 4.78. The number of aryl methyl sites for hydroxylation is 1. The Labute approximate surface area is 131 Å². The van der Waals surface area contributed by atoms with E-state index in [0.717, 1.165) is 25.9 Å². The Bertz CT molecular complexity index is 639. The van der Waals surface area contributed by atoms with Crippen LogP contribution in [-0.4, -0.2) is 41.1 Å². The normalized spacial score (nSPS) is 22.2. The minimum absolute atomic E-state index is 0.140. The topological polar surface area (TPSA) is 45.3 Å². The first-order valence-electron chi connectivity index (χ1n) is 8.11. The van der Waals surface area contributed by atoms with Crippen LogP contribution in [0.2, 0.25) is 0 Å². The first kappa shape index (κ1) is 15.1. The summed E-state index contributed by atoms with van der Waals surface area (Å²) in [5.41, 5.74) is 2.46. The lowest BCUT2D eigenvalue weighted by Crippen LogP contribution is -2.48. The highest BCUT2D eigenvalue weighted by atomic mass is 16.5. The van der Waals surface area contributed by atoms with E-state index in [1.807, 2.05) is 24.8 Å². The molecular weight excluding hydrogens is 276 g/mol. The smallest absolute Gasteiger partial charge is 0.222 e. The van der Waals surface area contributed by atoms with Gasteiger partial charge < -0.3 is 14.6 Å². The maximum absolute atomic E-state index is 12.3. The van der Waals surface area contributed by atoms with Crippen molar-refractivity contribution in [2.24, 2.45) is 0 Å². The second-order valence-electron chi connectivity index (χ2n) is 6.27. The number of carbonyl (C=O) groups is 1.